The summed E-state index contributed by atoms with van der Waals surface area (Å²) in [5, 5.41) is 2.99. The van der Waals surface area contributed by atoms with Gasteiger partial charge in [0.1, 0.15) is 12.1 Å². The van der Waals surface area contributed by atoms with E-state index in [1.807, 2.05) is 41.7 Å². The van der Waals surface area contributed by atoms with Gasteiger partial charge in [0.25, 0.3) is 0 Å². The summed E-state index contributed by atoms with van der Waals surface area (Å²) in [5.41, 5.74) is 1.07. The third kappa shape index (κ3) is 4.90. The number of hydrogen-bond acceptors (Lipinski definition) is 5. The van der Waals surface area contributed by atoms with Crippen LogP contribution in [-0.4, -0.2) is 71.3 Å². The van der Waals surface area contributed by atoms with Crippen LogP contribution in [0.5, 0.6) is 0 Å². The van der Waals surface area contributed by atoms with E-state index in [1.165, 1.54) is 42.1 Å². The number of benzene rings is 1. The molecule has 32 heavy (non-hydrogen) atoms. The van der Waals surface area contributed by atoms with Gasteiger partial charge < -0.3 is 10.2 Å². The van der Waals surface area contributed by atoms with Crippen molar-refractivity contribution >= 4 is 23.2 Å². The highest BCUT2D eigenvalue weighted by molar-refractivity contribution is 7.11. The molecule has 2 aromatic rings. The molecule has 1 N–H and O–H groups in total. The summed E-state index contributed by atoms with van der Waals surface area (Å²) < 4.78 is 0. The molecule has 0 saturated carbocycles. The maximum atomic E-state index is 13.1. The molecule has 6 nitrogen and oxygen atoms in total. The monoisotopic (exact) mass is 452 g/mol. The van der Waals surface area contributed by atoms with Crippen LogP contribution in [0.4, 0.5) is 0 Å². The van der Waals surface area contributed by atoms with Crippen LogP contribution in [0.15, 0.2) is 42.5 Å². The number of rotatable bonds is 6. The Balaban J connectivity index is 1.17. The Morgan fingerprint density at radius 1 is 0.844 bits per heavy atom. The van der Waals surface area contributed by atoms with Crippen LogP contribution >= 0.6 is 11.3 Å². The zero-order valence-electron chi connectivity index (χ0n) is 18.5. The summed E-state index contributed by atoms with van der Waals surface area (Å²) in [4.78, 5) is 35.4. The van der Waals surface area contributed by atoms with Gasteiger partial charge in [-0.3, -0.25) is 19.4 Å². The second kappa shape index (κ2) is 9.73. The van der Waals surface area contributed by atoms with Gasteiger partial charge in [-0.15, -0.1) is 11.3 Å². The standard InChI is InChI=1S/C25H32N4O2S/c30-24-23-18-28(17-21-10-9-20(32-21)16-27-11-5-2-6-12-27)13-14-29(23)25(31)22(26-24)15-19-7-3-1-4-8-19/h1,3-4,7-10,22-23H,2,5-6,11-18H2,(H,26,30)/t22-,23-/m1/s1. The molecule has 2 atom stereocenters. The van der Waals surface area contributed by atoms with Crippen molar-refractivity contribution in [3.63, 3.8) is 0 Å². The fourth-order valence-corrected chi connectivity index (χ4v) is 6.24. The van der Waals surface area contributed by atoms with Crippen molar-refractivity contribution in [3.8, 4) is 0 Å². The first-order valence-corrected chi connectivity index (χ1v) is 12.6. The van der Waals surface area contributed by atoms with E-state index < -0.39 is 6.04 Å². The highest BCUT2D eigenvalue weighted by Gasteiger charge is 2.43. The highest BCUT2D eigenvalue weighted by Crippen LogP contribution is 2.24. The highest BCUT2D eigenvalue weighted by atomic mass is 32.1. The first-order chi connectivity index (χ1) is 15.7. The maximum absolute atomic E-state index is 13.1. The molecule has 0 spiro atoms. The Hall–Kier alpha value is -2.22. The van der Waals surface area contributed by atoms with Gasteiger partial charge in [0, 0.05) is 48.9 Å². The lowest BCUT2D eigenvalue weighted by Gasteiger charge is -2.45. The number of thiophene rings is 1. The Morgan fingerprint density at radius 3 is 2.31 bits per heavy atom. The number of piperidine rings is 1. The van der Waals surface area contributed by atoms with Crippen LogP contribution in [0.25, 0.3) is 0 Å². The van der Waals surface area contributed by atoms with E-state index in [9.17, 15) is 9.59 Å². The number of likely N-dealkylation sites (tertiary alicyclic amines) is 1. The number of nitrogens with one attached hydrogen (secondary N) is 1. The van der Waals surface area contributed by atoms with E-state index >= 15 is 0 Å². The molecule has 1 aromatic carbocycles. The van der Waals surface area contributed by atoms with Crippen molar-refractivity contribution in [1.29, 1.82) is 0 Å². The van der Waals surface area contributed by atoms with Crippen molar-refractivity contribution in [2.45, 2.75) is 50.9 Å². The fraction of sp³-hybridized carbons (Fsp3) is 0.520. The largest absolute Gasteiger partial charge is 0.342 e. The van der Waals surface area contributed by atoms with Crippen molar-refractivity contribution in [2.75, 3.05) is 32.7 Å². The van der Waals surface area contributed by atoms with E-state index in [0.29, 0.717) is 19.5 Å². The number of carbonyl (C=O) groups excluding carboxylic acids is 2. The molecule has 1 aromatic heterocycles. The molecule has 5 rings (SSSR count). The van der Waals surface area contributed by atoms with E-state index in [1.54, 1.807) is 4.90 Å². The molecule has 2 amide bonds. The summed E-state index contributed by atoms with van der Waals surface area (Å²) in [7, 11) is 0. The molecule has 0 aliphatic carbocycles. The van der Waals surface area contributed by atoms with Gasteiger partial charge in [-0.1, -0.05) is 36.8 Å². The van der Waals surface area contributed by atoms with Crippen LogP contribution < -0.4 is 5.32 Å². The lowest BCUT2D eigenvalue weighted by atomic mass is 9.98. The van der Waals surface area contributed by atoms with Gasteiger partial charge in [-0.25, -0.2) is 0 Å². The van der Waals surface area contributed by atoms with Crippen LogP contribution in [0.2, 0.25) is 0 Å². The van der Waals surface area contributed by atoms with Gasteiger partial charge in [0.2, 0.25) is 11.8 Å². The minimum atomic E-state index is -0.456. The molecule has 3 fully saturated rings. The van der Waals surface area contributed by atoms with Crippen LogP contribution in [-0.2, 0) is 29.1 Å². The maximum Gasteiger partial charge on any atom is 0.246 e. The Labute approximate surface area is 194 Å². The van der Waals surface area contributed by atoms with E-state index in [-0.39, 0.29) is 17.9 Å². The summed E-state index contributed by atoms with van der Waals surface area (Å²) in [6.45, 7) is 6.37. The summed E-state index contributed by atoms with van der Waals surface area (Å²) in [6, 6.07) is 13.6. The predicted molar refractivity (Wildman–Crippen MR) is 126 cm³/mol. The normalized spacial score (nSPS) is 24.9. The van der Waals surface area contributed by atoms with Crippen molar-refractivity contribution < 1.29 is 9.59 Å². The molecule has 0 radical (unpaired) electrons. The summed E-state index contributed by atoms with van der Waals surface area (Å²) in [5.74, 6) is 0.0326. The quantitative estimate of drug-likeness (QED) is 0.732. The first kappa shape index (κ1) is 21.6. The van der Waals surface area contributed by atoms with Crippen LogP contribution in [0.1, 0.15) is 34.6 Å². The minimum absolute atomic E-state index is 0.0211. The average molecular weight is 453 g/mol. The second-order valence-electron chi connectivity index (χ2n) is 9.24. The second-order valence-corrected chi connectivity index (χ2v) is 10.5. The molecular formula is C25H32N4O2S. The minimum Gasteiger partial charge on any atom is -0.342 e. The van der Waals surface area contributed by atoms with Gasteiger partial charge in [-0.2, -0.15) is 0 Å². The van der Waals surface area contributed by atoms with Crippen LogP contribution in [0, 0.1) is 0 Å². The van der Waals surface area contributed by atoms with Crippen molar-refractivity contribution in [3.05, 3.63) is 57.8 Å². The molecule has 0 unspecified atom stereocenters. The van der Waals surface area contributed by atoms with Crippen molar-refractivity contribution in [2.24, 2.45) is 0 Å². The van der Waals surface area contributed by atoms with E-state index in [4.69, 9.17) is 0 Å². The van der Waals surface area contributed by atoms with Crippen LogP contribution in [0.3, 0.4) is 0 Å². The van der Waals surface area contributed by atoms with Gasteiger partial charge in [0.15, 0.2) is 0 Å². The lowest BCUT2D eigenvalue weighted by Crippen LogP contribution is -2.69. The number of amides is 2. The molecule has 3 aliphatic rings. The average Bonchev–Trinajstić information content (AvgIpc) is 3.25. The first-order valence-electron chi connectivity index (χ1n) is 11.8. The number of nitrogens with zero attached hydrogens (tertiary/aromatic N) is 3. The number of fused-ring (bicyclic) bond motifs is 1. The summed E-state index contributed by atoms with van der Waals surface area (Å²) in [6.07, 6.45) is 4.55. The molecule has 170 valence electrons. The van der Waals surface area contributed by atoms with Gasteiger partial charge in [0.05, 0.1) is 0 Å². The predicted octanol–water partition coefficient (Wildman–Crippen LogP) is 2.49. The van der Waals surface area contributed by atoms with Crippen molar-refractivity contribution in [1.82, 2.24) is 20.0 Å². The third-order valence-electron chi connectivity index (χ3n) is 6.87. The zero-order chi connectivity index (χ0) is 21.9. The van der Waals surface area contributed by atoms with Gasteiger partial charge in [-0.05, 0) is 43.6 Å². The Kier molecular flexibility index (Phi) is 6.57. The SMILES string of the molecule is O=C1N[C@H](Cc2ccccc2)C(=O)N2CCN(Cc3ccc(CN4CCCCC4)s3)C[C@H]12. The molecule has 7 heteroatoms. The number of piperazine rings is 2. The van der Waals surface area contributed by atoms with Gasteiger partial charge >= 0.3 is 0 Å². The molecular weight excluding hydrogens is 420 g/mol. The van der Waals surface area contributed by atoms with E-state index in [2.05, 4.69) is 27.2 Å². The molecule has 0 bridgehead atoms. The molecule has 3 aliphatic heterocycles. The molecule has 3 saturated heterocycles. The number of hydrogen-bond donors (Lipinski definition) is 1. The van der Waals surface area contributed by atoms with E-state index in [0.717, 1.165) is 25.2 Å². The Bertz CT molecular complexity index is 940. The lowest BCUT2D eigenvalue weighted by molar-refractivity contribution is -0.153. The summed E-state index contributed by atoms with van der Waals surface area (Å²) >= 11 is 1.89. The topological polar surface area (TPSA) is 55.9 Å². The smallest absolute Gasteiger partial charge is 0.246 e. The fourth-order valence-electron chi connectivity index (χ4n) is 5.14. The third-order valence-corrected chi connectivity index (χ3v) is 7.93. The zero-order valence-corrected chi connectivity index (χ0v) is 19.4. The number of carbonyl (C=O) groups is 2. The molecule has 4 heterocycles. The Morgan fingerprint density at radius 2 is 1.56 bits per heavy atom.